The smallest absolute Gasteiger partial charge is 0.220 e. The van der Waals surface area contributed by atoms with E-state index in [2.05, 4.69) is 277 Å². The zero-order valence-electron chi connectivity index (χ0n) is 39.4. The molecule has 0 amide bonds. The second-order valence-electron chi connectivity index (χ2n) is 19.1. The van der Waals surface area contributed by atoms with Crippen molar-refractivity contribution in [3.8, 4) is 45.0 Å². The maximum atomic E-state index is 5.27. The van der Waals surface area contributed by atoms with E-state index in [0.717, 1.165) is 89.3 Å². The maximum Gasteiger partial charge on any atom is 0.220 e. The molecule has 0 unspecified atom stereocenters. The molecular weight excluding hydrogens is 889 g/mol. The summed E-state index contributed by atoms with van der Waals surface area (Å²) < 4.78 is 12.1. The largest absolute Gasteiger partial charge is 0.309 e. The predicted molar refractivity (Wildman–Crippen MR) is 303 cm³/mol. The molecular formula is C67H42N6. The van der Waals surface area contributed by atoms with Crippen LogP contribution >= 0.6 is 0 Å². The predicted octanol–water partition coefficient (Wildman–Crippen LogP) is 17.1. The van der Waals surface area contributed by atoms with Crippen molar-refractivity contribution >= 4 is 93.3 Å². The highest BCUT2D eigenvalue weighted by Gasteiger charge is 2.26. The SMILES string of the molecule is c1ccc(-n2c3ccccc3c3ccccc32)c(-c2cccc(-c3ccccc3-n3c4ccccc4c4ccccc43)c2-n2c3ccccc3c3cc(-n4c5ccccc5n5c6ccccc6nc45)ccc32)c1. The van der Waals surface area contributed by atoms with E-state index in [1.54, 1.807) is 0 Å². The van der Waals surface area contributed by atoms with Gasteiger partial charge in [-0.05, 0) is 84.9 Å². The summed E-state index contributed by atoms with van der Waals surface area (Å²) >= 11 is 0. The van der Waals surface area contributed by atoms with Crippen LogP contribution in [0.4, 0.5) is 0 Å². The first kappa shape index (κ1) is 39.9. The Kier molecular flexibility index (Phi) is 8.36. The third-order valence-electron chi connectivity index (χ3n) is 15.3. The van der Waals surface area contributed by atoms with Gasteiger partial charge in [-0.1, -0.05) is 170 Å². The molecule has 11 aromatic carbocycles. The number of hydrogen-bond donors (Lipinski definition) is 0. The van der Waals surface area contributed by atoms with Gasteiger partial charge >= 0.3 is 0 Å². The van der Waals surface area contributed by atoms with Crippen LogP contribution in [0.3, 0.4) is 0 Å². The summed E-state index contributed by atoms with van der Waals surface area (Å²) in [7, 11) is 0. The number of aromatic nitrogens is 6. The number of rotatable bonds is 6. The Hall–Kier alpha value is -9.91. The molecule has 0 radical (unpaired) electrons. The standard InChI is InChI=1S/C67H42N6/c1-9-30-55-44(20-1)45-21-2-10-31-56(45)70(55)59-34-13-5-24-48(59)51-27-19-28-52(49-25-6-14-35-60(49)71-57-32-11-3-22-46(57)47-23-4-12-33-58(47)71)66(51)72-61-36-15-7-26-50(61)53-42-43(40-41-62(53)72)69-64-38-17-18-39-65(64)73-63-37-16-8-29-54(63)68-67(69)73/h1-42H. The Morgan fingerprint density at radius 2 is 0.630 bits per heavy atom. The zero-order valence-corrected chi connectivity index (χ0v) is 39.4. The Balaban J connectivity index is 1.02. The molecule has 0 fully saturated rings. The van der Waals surface area contributed by atoms with Crippen molar-refractivity contribution in [2.75, 3.05) is 0 Å². The minimum atomic E-state index is 0.890. The molecule has 16 aromatic rings. The molecule has 0 aliphatic rings. The van der Waals surface area contributed by atoms with Crippen molar-refractivity contribution in [1.29, 1.82) is 0 Å². The molecule has 6 heteroatoms. The maximum absolute atomic E-state index is 5.27. The van der Waals surface area contributed by atoms with Crippen molar-refractivity contribution in [2.45, 2.75) is 0 Å². The van der Waals surface area contributed by atoms with Crippen molar-refractivity contribution in [2.24, 2.45) is 0 Å². The fourth-order valence-electron chi connectivity index (χ4n) is 12.3. The van der Waals surface area contributed by atoms with Crippen LogP contribution in [-0.4, -0.2) is 27.7 Å². The zero-order chi connectivity index (χ0) is 47.7. The van der Waals surface area contributed by atoms with Gasteiger partial charge in [-0.15, -0.1) is 0 Å². The molecule has 0 spiro atoms. The van der Waals surface area contributed by atoms with Gasteiger partial charge < -0.3 is 13.7 Å². The molecule has 0 saturated carbocycles. The van der Waals surface area contributed by atoms with E-state index in [9.17, 15) is 0 Å². The number of para-hydroxylation sites is 12. The number of hydrogen-bond acceptors (Lipinski definition) is 1. The van der Waals surface area contributed by atoms with Gasteiger partial charge in [0.2, 0.25) is 5.78 Å². The highest BCUT2D eigenvalue weighted by atomic mass is 15.2. The summed E-state index contributed by atoms with van der Waals surface area (Å²) in [6, 6.07) is 93.0. The molecule has 5 aromatic heterocycles. The van der Waals surface area contributed by atoms with E-state index in [1.165, 1.54) is 49.0 Å². The molecule has 0 saturated heterocycles. The van der Waals surface area contributed by atoms with E-state index in [1.807, 2.05) is 0 Å². The van der Waals surface area contributed by atoms with Gasteiger partial charge in [0.1, 0.15) is 0 Å². The fourth-order valence-corrected chi connectivity index (χ4v) is 12.3. The molecule has 0 bridgehead atoms. The quantitative estimate of drug-likeness (QED) is 0.164. The monoisotopic (exact) mass is 930 g/mol. The number of fused-ring (bicyclic) bond motifs is 14. The molecule has 6 nitrogen and oxygen atoms in total. The number of benzene rings is 11. The van der Waals surface area contributed by atoms with Crippen molar-refractivity contribution in [1.82, 2.24) is 27.7 Å². The molecule has 0 N–H and O–H groups in total. The minimum absolute atomic E-state index is 0.890. The van der Waals surface area contributed by atoms with Gasteiger partial charge in [-0.2, -0.15) is 0 Å². The second kappa shape index (κ2) is 15.3. The summed E-state index contributed by atoms with van der Waals surface area (Å²) in [6.07, 6.45) is 0. The van der Waals surface area contributed by atoms with Crippen molar-refractivity contribution in [3.05, 3.63) is 255 Å². The second-order valence-corrected chi connectivity index (χ2v) is 19.1. The molecule has 340 valence electrons. The summed E-state index contributed by atoms with van der Waals surface area (Å²) in [6.45, 7) is 0. The van der Waals surface area contributed by atoms with E-state index in [-0.39, 0.29) is 0 Å². The van der Waals surface area contributed by atoms with E-state index in [4.69, 9.17) is 4.98 Å². The highest BCUT2D eigenvalue weighted by molar-refractivity contribution is 6.14. The van der Waals surface area contributed by atoms with Gasteiger partial charge in [0.05, 0.1) is 72.2 Å². The van der Waals surface area contributed by atoms with Gasteiger partial charge in [0, 0.05) is 60.3 Å². The fraction of sp³-hybridized carbons (Fsp3) is 0. The Labute approximate surface area is 418 Å². The lowest BCUT2D eigenvalue weighted by atomic mass is 9.93. The van der Waals surface area contributed by atoms with E-state index >= 15 is 0 Å². The van der Waals surface area contributed by atoms with E-state index in [0.29, 0.717) is 0 Å². The first-order chi connectivity index (χ1) is 36.3. The van der Waals surface area contributed by atoms with Crippen molar-refractivity contribution in [3.63, 3.8) is 0 Å². The summed E-state index contributed by atoms with van der Waals surface area (Å²) in [5.74, 6) is 0.890. The first-order valence-corrected chi connectivity index (χ1v) is 25.0. The summed E-state index contributed by atoms with van der Waals surface area (Å²) in [5.41, 5.74) is 20.1. The van der Waals surface area contributed by atoms with Crippen LogP contribution in [0, 0.1) is 0 Å². The van der Waals surface area contributed by atoms with Crippen LogP contribution in [0.2, 0.25) is 0 Å². The summed E-state index contributed by atoms with van der Waals surface area (Å²) in [5, 5.41) is 7.26. The van der Waals surface area contributed by atoms with Crippen molar-refractivity contribution < 1.29 is 0 Å². The molecule has 0 aliphatic heterocycles. The van der Waals surface area contributed by atoms with Crippen LogP contribution in [0.25, 0.3) is 138 Å². The van der Waals surface area contributed by atoms with Crippen LogP contribution in [0.15, 0.2) is 255 Å². The van der Waals surface area contributed by atoms with Gasteiger partial charge in [0.25, 0.3) is 0 Å². The molecule has 16 rings (SSSR count). The normalized spacial score (nSPS) is 12.1. The summed E-state index contributed by atoms with van der Waals surface area (Å²) in [4.78, 5) is 5.27. The van der Waals surface area contributed by atoms with Gasteiger partial charge in [-0.3, -0.25) is 8.97 Å². The third-order valence-corrected chi connectivity index (χ3v) is 15.3. The lowest BCUT2D eigenvalue weighted by Gasteiger charge is -2.23. The molecule has 0 atom stereocenters. The minimum Gasteiger partial charge on any atom is -0.309 e. The topological polar surface area (TPSA) is 37.0 Å². The van der Waals surface area contributed by atoms with Crippen LogP contribution in [0.1, 0.15) is 0 Å². The number of nitrogens with zero attached hydrogens (tertiary/aromatic N) is 6. The lowest BCUT2D eigenvalue weighted by molar-refractivity contribution is 1.11. The Morgan fingerprint density at radius 1 is 0.247 bits per heavy atom. The van der Waals surface area contributed by atoms with Crippen LogP contribution in [-0.2, 0) is 0 Å². The average Bonchev–Trinajstić information content (AvgIpc) is 4.25. The first-order valence-electron chi connectivity index (χ1n) is 25.0. The Morgan fingerprint density at radius 3 is 1.16 bits per heavy atom. The molecule has 73 heavy (non-hydrogen) atoms. The highest BCUT2D eigenvalue weighted by Crippen LogP contribution is 2.47. The number of imidazole rings is 2. The van der Waals surface area contributed by atoms with E-state index < -0.39 is 0 Å². The Bertz CT molecular complexity index is 4650. The third kappa shape index (κ3) is 5.60. The molecule has 5 heterocycles. The molecule has 0 aliphatic carbocycles. The lowest BCUT2D eigenvalue weighted by Crippen LogP contribution is -2.05. The van der Waals surface area contributed by atoms with Gasteiger partial charge in [-0.25, -0.2) is 4.98 Å². The van der Waals surface area contributed by atoms with Crippen LogP contribution < -0.4 is 0 Å². The van der Waals surface area contributed by atoms with Crippen LogP contribution in [0.5, 0.6) is 0 Å². The van der Waals surface area contributed by atoms with Gasteiger partial charge in [0.15, 0.2) is 0 Å². The average molecular weight is 931 g/mol.